The van der Waals surface area contributed by atoms with E-state index in [2.05, 4.69) is 31.9 Å². The van der Waals surface area contributed by atoms with Gasteiger partial charge in [-0.2, -0.15) is 0 Å². The van der Waals surface area contributed by atoms with Crippen molar-refractivity contribution in [2.75, 3.05) is 0 Å². The highest BCUT2D eigenvalue weighted by Crippen LogP contribution is 2.33. The van der Waals surface area contributed by atoms with Crippen molar-refractivity contribution in [3.8, 4) is 0 Å². The number of nitrogens with zero attached hydrogens (tertiary/aromatic N) is 1. The van der Waals surface area contributed by atoms with Gasteiger partial charge in [-0.15, -0.1) is 0 Å². The van der Waals surface area contributed by atoms with Gasteiger partial charge >= 0.3 is 6.09 Å². The maximum absolute atomic E-state index is 14.5. The highest BCUT2D eigenvalue weighted by Gasteiger charge is 2.35. The lowest BCUT2D eigenvalue weighted by Crippen LogP contribution is -2.47. The summed E-state index contributed by atoms with van der Waals surface area (Å²) in [5, 5.41) is 0. The van der Waals surface area contributed by atoms with Gasteiger partial charge in [0.15, 0.2) is 0 Å². The maximum Gasteiger partial charge on any atom is 0.411 e. The van der Waals surface area contributed by atoms with Gasteiger partial charge in [-0.05, 0) is 58.9 Å². The zero-order chi connectivity index (χ0) is 21.2. The standard InChI is InChI=1S/C21H23Br2F2NO2/c1-12(16-8-6-14(22)10-18(16)24)26(21(3,4)5)20(27)28-13(2)17-9-7-15(23)11-19(17)25/h6-13H,1-5H3/t12-,13-/m1/s1. The first-order valence-corrected chi connectivity index (χ1v) is 10.4. The quantitative estimate of drug-likeness (QED) is 0.418. The number of benzene rings is 2. The molecular formula is C21H23Br2F2NO2. The molecule has 0 saturated heterocycles. The second-order valence-electron chi connectivity index (χ2n) is 7.57. The van der Waals surface area contributed by atoms with Gasteiger partial charge in [0.25, 0.3) is 0 Å². The van der Waals surface area contributed by atoms with Crippen LogP contribution in [0.5, 0.6) is 0 Å². The molecule has 0 aromatic heterocycles. The molecule has 2 atom stereocenters. The topological polar surface area (TPSA) is 29.5 Å². The van der Waals surface area contributed by atoms with Crippen LogP contribution in [0, 0.1) is 11.6 Å². The molecule has 28 heavy (non-hydrogen) atoms. The zero-order valence-corrected chi connectivity index (χ0v) is 19.6. The Morgan fingerprint density at radius 1 is 0.964 bits per heavy atom. The number of carbonyl (C=O) groups is 1. The van der Waals surface area contributed by atoms with Crippen molar-refractivity contribution in [2.45, 2.75) is 52.3 Å². The molecule has 0 aliphatic carbocycles. The molecule has 0 aliphatic rings. The molecular weight excluding hydrogens is 496 g/mol. The molecule has 0 saturated carbocycles. The van der Waals surface area contributed by atoms with E-state index < -0.39 is 35.4 Å². The Hall–Kier alpha value is -1.47. The molecule has 0 aliphatic heterocycles. The Kier molecular flexibility index (Phi) is 7.26. The van der Waals surface area contributed by atoms with Gasteiger partial charge in [0.1, 0.15) is 17.7 Å². The van der Waals surface area contributed by atoms with E-state index in [-0.39, 0.29) is 5.56 Å². The van der Waals surface area contributed by atoms with Crippen LogP contribution in [0.2, 0.25) is 0 Å². The molecule has 0 radical (unpaired) electrons. The van der Waals surface area contributed by atoms with Crippen LogP contribution in [0.15, 0.2) is 45.3 Å². The van der Waals surface area contributed by atoms with E-state index in [0.717, 1.165) is 0 Å². The van der Waals surface area contributed by atoms with Gasteiger partial charge in [-0.3, -0.25) is 4.90 Å². The summed E-state index contributed by atoms with van der Waals surface area (Å²) in [6.45, 7) is 8.87. The minimum atomic E-state index is -0.799. The van der Waals surface area contributed by atoms with Crippen molar-refractivity contribution in [3.05, 3.63) is 68.1 Å². The minimum absolute atomic E-state index is 0.271. The number of rotatable bonds is 4. The number of halogens is 4. The fourth-order valence-corrected chi connectivity index (χ4v) is 3.76. The van der Waals surface area contributed by atoms with E-state index in [1.54, 1.807) is 38.1 Å². The van der Waals surface area contributed by atoms with Crippen molar-refractivity contribution in [2.24, 2.45) is 0 Å². The Morgan fingerprint density at radius 3 is 1.86 bits per heavy atom. The minimum Gasteiger partial charge on any atom is -0.441 e. The predicted octanol–water partition coefficient (Wildman–Crippen LogP) is 7.55. The second kappa shape index (κ2) is 8.91. The molecule has 0 bridgehead atoms. The van der Waals surface area contributed by atoms with Crippen LogP contribution in [0.1, 0.15) is 57.9 Å². The van der Waals surface area contributed by atoms with Crippen LogP contribution in [-0.4, -0.2) is 16.5 Å². The largest absolute Gasteiger partial charge is 0.441 e. The molecule has 1 amide bonds. The SMILES string of the molecule is C[C@H](c1ccc(Br)cc1F)N(C(=O)O[C@H](C)c1ccc(Br)cc1F)C(C)(C)C. The van der Waals surface area contributed by atoms with Crippen LogP contribution in [0.3, 0.4) is 0 Å². The van der Waals surface area contributed by atoms with Gasteiger partial charge < -0.3 is 4.74 Å². The van der Waals surface area contributed by atoms with Crippen molar-refractivity contribution in [3.63, 3.8) is 0 Å². The predicted molar refractivity (Wildman–Crippen MR) is 113 cm³/mol. The van der Waals surface area contributed by atoms with Gasteiger partial charge in [-0.1, -0.05) is 44.0 Å². The summed E-state index contributed by atoms with van der Waals surface area (Å²) in [5.41, 5.74) is -0.000926. The highest BCUT2D eigenvalue weighted by atomic mass is 79.9. The summed E-state index contributed by atoms with van der Waals surface area (Å²) in [6.07, 6.45) is -1.44. The first kappa shape index (κ1) is 22.8. The molecule has 0 fully saturated rings. The smallest absolute Gasteiger partial charge is 0.411 e. The zero-order valence-electron chi connectivity index (χ0n) is 16.4. The molecule has 7 heteroatoms. The summed E-state index contributed by atoms with van der Waals surface area (Å²) in [7, 11) is 0. The summed E-state index contributed by atoms with van der Waals surface area (Å²) in [6, 6.07) is 8.71. The van der Waals surface area contributed by atoms with Gasteiger partial charge in [-0.25, -0.2) is 13.6 Å². The molecule has 2 aromatic rings. The Labute approximate surface area is 181 Å². The normalized spacial score (nSPS) is 13.8. The molecule has 0 spiro atoms. The molecule has 0 N–H and O–H groups in total. The fourth-order valence-electron chi connectivity index (χ4n) is 3.10. The molecule has 0 unspecified atom stereocenters. The van der Waals surface area contributed by atoms with Crippen LogP contribution in [0.25, 0.3) is 0 Å². The third kappa shape index (κ3) is 5.32. The lowest BCUT2D eigenvalue weighted by atomic mass is 9.99. The number of carbonyl (C=O) groups excluding carboxylic acids is 1. The van der Waals surface area contributed by atoms with E-state index >= 15 is 0 Å². The van der Waals surface area contributed by atoms with Crippen molar-refractivity contribution >= 4 is 38.0 Å². The molecule has 2 aromatic carbocycles. The van der Waals surface area contributed by atoms with Crippen LogP contribution in [-0.2, 0) is 4.74 Å². The number of amides is 1. The number of hydrogen-bond donors (Lipinski definition) is 0. The van der Waals surface area contributed by atoms with E-state index in [1.165, 1.54) is 17.0 Å². The maximum atomic E-state index is 14.5. The van der Waals surface area contributed by atoms with Crippen molar-refractivity contribution in [1.82, 2.24) is 4.90 Å². The Bertz CT molecular complexity index is 868. The molecule has 3 nitrogen and oxygen atoms in total. The van der Waals surface area contributed by atoms with E-state index in [0.29, 0.717) is 14.5 Å². The Balaban J connectivity index is 2.31. The lowest BCUT2D eigenvalue weighted by Gasteiger charge is -2.40. The first-order valence-electron chi connectivity index (χ1n) is 8.81. The average Bonchev–Trinajstić information content (AvgIpc) is 2.52. The van der Waals surface area contributed by atoms with Crippen LogP contribution >= 0.6 is 31.9 Å². The third-order valence-corrected chi connectivity index (χ3v) is 5.38. The third-order valence-electron chi connectivity index (χ3n) is 4.40. The summed E-state index contributed by atoms with van der Waals surface area (Å²) in [5.74, 6) is -0.889. The lowest BCUT2D eigenvalue weighted by molar-refractivity contribution is 0.0244. The number of ether oxygens (including phenoxy) is 1. The van der Waals surface area contributed by atoms with Gasteiger partial charge in [0.2, 0.25) is 0 Å². The van der Waals surface area contributed by atoms with Crippen LogP contribution < -0.4 is 0 Å². The van der Waals surface area contributed by atoms with E-state index in [1.807, 2.05) is 20.8 Å². The summed E-state index contributed by atoms with van der Waals surface area (Å²) in [4.78, 5) is 14.5. The van der Waals surface area contributed by atoms with Crippen LogP contribution in [0.4, 0.5) is 13.6 Å². The second-order valence-corrected chi connectivity index (χ2v) is 9.41. The molecule has 152 valence electrons. The average molecular weight is 519 g/mol. The fraction of sp³-hybridized carbons (Fsp3) is 0.381. The molecule has 0 heterocycles. The van der Waals surface area contributed by atoms with Gasteiger partial charge in [0.05, 0.1) is 6.04 Å². The summed E-state index contributed by atoms with van der Waals surface area (Å²) < 4.78 is 35.4. The first-order chi connectivity index (χ1) is 12.9. The monoisotopic (exact) mass is 517 g/mol. The summed E-state index contributed by atoms with van der Waals surface area (Å²) >= 11 is 6.44. The number of hydrogen-bond acceptors (Lipinski definition) is 2. The Morgan fingerprint density at radius 2 is 1.43 bits per heavy atom. The van der Waals surface area contributed by atoms with Crippen molar-refractivity contribution < 1.29 is 18.3 Å². The van der Waals surface area contributed by atoms with Crippen molar-refractivity contribution in [1.29, 1.82) is 0 Å². The van der Waals surface area contributed by atoms with E-state index in [4.69, 9.17) is 4.74 Å². The van der Waals surface area contributed by atoms with E-state index in [9.17, 15) is 13.6 Å². The highest BCUT2D eigenvalue weighted by molar-refractivity contribution is 9.10. The van der Waals surface area contributed by atoms with Gasteiger partial charge in [0, 0.05) is 25.6 Å². The molecule has 2 rings (SSSR count).